The van der Waals surface area contributed by atoms with Gasteiger partial charge in [-0.05, 0) is 25.1 Å². The van der Waals surface area contributed by atoms with Gasteiger partial charge in [0.2, 0.25) is 21.7 Å². The lowest BCUT2D eigenvalue weighted by Crippen LogP contribution is -2.27. The van der Waals surface area contributed by atoms with E-state index in [0.717, 1.165) is 15.4 Å². The average molecular weight is 436 g/mol. The lowest BCUT2D eigenvalue weighted by atomic mass is 10.1. The predicted octanol–water partition coefficient (Wildman–Crippen LogP) is 3.31. The fourth-order valence-electron chi connectivity index (χ4n) is 2.53. The molecule has 10 heteroatoms. The fraction of sp³-hybridized carbons (Fsp3) is 0.211. The summed E-state index contributed by atoms with van der Waals surface area (Å²) < 4.78 is 36.6. The maximum Gasteiger partial charge on any atom is 0.339 e. The first-order valence-corrected chi connectivity index (χ1v) is 10.3. The quantitative estimate of drug-likeness (QED) is 0.547. The van der Waals surface area contributed by atoms with Crippen molar-refractivity contribution in [2.45, 2.75) is 18.4 Å². The normalized spacial score (nSPS) is 11.6. The standard InChI is InChI=1S/C19H18ClN3O5S/c1-12-4-6-13(7-5-12)18-21-17(28-22-18)11-23(2)29(25,26)14-8-9-16(20)15(10-14)19(24)27-3/h4-10H,11H2,1-3H3. The van der Waals surface area contributed by atoms with Gasteiger partial charge in [0.05, 0.1) is 29.1 Å². The number of methoxy groups -OCH3 is 1. The second kappa shape index (κ2) is 8.32. The Bertz CT molecular complexity index is 1140. The molecule has 0 saturated carbocycles. The van der Waals surface area contributed by atoms with E-state index in [1.165, 1.54) is 32.4 Å². The van der Waals surface area contributed by atoms with Crippen molar-refractivity contribution in [2.24, 2.45) is 0 Å². The number of carbonyl (C=O) groups excluding carboxylic acids is 1. The van der Waals surface area contributed by atoms with E-state index >= 15 is 0 Å². The molecule has 0 atom stereocenters. The van der Waals surface area contributed by atoms with E-state index in [1.54, 1.807) is 0 Å². The van der Waals surface area contributed by atoms with E-state index < -0.39 is 16.0 Å². The van der Waals surface area contributed by atoms with Crippen molar-refractivity contribution in [2.75, 3.05) is 14.2 Å². The smallest absolute Gasteiger partial charge is 0.339 e. The summed E-state index contributed by atoms with van der Waals surface area (Å²) in [4.78, 5) is 15.9. The van der Waals surface area contributed by atoms with Crippen molar-refractivity contribution in [3.05, 3.63) is 64.5 Å². The van der Waals surface area contributed by atoms with E-state index in [1.807, 2.05) is 31.2 Å². The minimum absolute atomic E-state index is 0.0388. The molecule has 0 unspecified atom stereocenters. The van der Waals surface area contributed by atoms with Crippen LogP contribution < -0.4 is 0 Å². The van der Waals surface area contributed by atoms with E-state index in [0.29, 0.717) is 5.82 Å². The summed E-state index contributed by atoms with van der Waals surface area (Å²) in [5.74, 6) is -0.228. The summed E-state index contributed by atoms with van der Waals surface area (Å²) in [6, 6.07) is 11.4. The molecular weight excluding hydrogens is 418 g/mol. The van der Waals surface area contributed by atoms with Crippen LogP contribution in [0.15, 0.2) is 51.9 Å². The molecule has 3 aromatic rings. The molecule has 0 spiro atoms. The van der Waals surface area contributed by atoms with Crippen LogP contribution in [0, 0.1) is 6.92 Å². The molecular formula is C19H18ClN3O5S. The number of halogens is 1. The van der Waals surface area contributed by atoms with Gasteiger partial charge in [-0.3, -0.25) is 0 Å². The van der Waals surface area contributed by atoms with Crippen LogP contribution in [0.4, 0.5) is 0 Å². The zero-order valence-electron chi connectivity index (χ0n) is 15.9. The molecule has 29 heavy (non-hydrogen) atoms. The maximum absolute atomic E-state index is 12.9. The third-order valence-corrected chi connectivity index (χ3v) is 6.32. The number of rotatable bonds is 6. The second-order valence-electron chi connectivity index (χ2n) is 6.27. The molecule has 3 rings (SSSR count). The summed E-state index contributed by atoms with van der Waals surface area (Å²) >= 11 is 5.96. The Kier molecular flexibility index (Phi) is 6.02. The van der Waals surface area contributed by atoms with Crippen molar-refractivity contribution < 1.29 is 22.5 Å². The van der Waals surface area contributed by atoms with E-state index in [2.05, 4.69) is 14.9 Å². The van der Waals surface area contributed by atoms with Gasteiger partial charge >= 0.3 is 5.97 Å². The molecule has 0 bridgehead atoms. The molecule has 0 N–H and O–H groups in total. The Morgan fingerprint density at radius 1 is 1.21 bits per heavy atom. The zero-order chi connectivity index (χ0) is 21.2. The van der Waals surface area contributed by atoms with Gasteiger partial charge in [-0.15, -0.1) is 0 Å². The largest absolute Gasteiger partial charge is 0.465 e. The summed E-state index contributed by atoms with van der Waals surface area (Å²) in [6.45, 7) is 1.82. The summed E-state index contributed by atoms with van der Waals surface area (Å²) in [5.41, 5.74) is 1.82. The fourth-order valence-corrected chi connectivity index (χ4v) is 3.87. The number of esters is 1. The van der Waals surface area contributed by atoms with Crippen molar-refractivity contribution >= 4 is 27.6 Å². The first-order valence-electron chi connectivity index (χ1n) is 8.46. The summed E-state index contributed by atoms with van der Waals surface area (Å²) in [5, 5.41) is 3.99. The van der Waals surface area contributed by atoms with Gasteiger partial charge in [0.15, 0.2) is 0 Å². The van der Waals surface area contributed by atoms with Gasteiger partial charge < -0.3 is 9.26 Å². The topological polar surface area (TPSA) is 103 Å². The molecule has 0 aliphatic heterocycles. The van der Waals surface area contributed by atoms with Gasteiger partial charge in [-0.25, -0.2) is 13.2 Å². The molecule has 0 aliphatic carbocycles. The molecule has 8 nitrogen and oxygen atoms in total. The van der Waals surface area contributed by atoms with Crippen molar-refractivity contribution in [3.63, 3.8) is 0 Å². The number of carbonyl (C=O) groups is 1. The highest BCUT2D eigenvalue weighted by Gasteiger charge is 2.25. The minimum atomic E-state index is -3.94. The number of benzene rings is 2. The van der Waals surface area contributed by atoms with E-state index in [4.69, 9.17) is 16.1 Å². The molecule has 152 valence electrons. The zero-order valence-corrected chi connectivity index (χ0v) is 17.5. The van der Waals surface area contributed by atoms with Gasteiger partial charge in [-0.2, -0.15) is 9.29 Å². The van der Waals surface area contributed by atoms with Gasteiger partial charge in [0.1, 0.15) is 0 Å². The predicted molar refractivity (Wildman–Crippen MR) is 106 cm³/mol. The van der Waals surface area contributed by atoms with Crippen LogP contribution in [-0.4, -0.2) is 43.0 Å². The molecule has 0 fully saturated rings. The number of nitrogens with zero attached hydrogens (tertiary/aromatic N) is 3. The van der Waals surface area contributed by atoms with Crippen LogP contribution in [0.2, 0.25) is 5.02 Å². The number of aromatic nitrogens is 2. The molecule has 0 amide bonds. The van der Waals surface area contributed by atoms with Crippen LogP contribution >= 0.6 is 11.6 Å². The number of aryl methyl sites for hydroxylation is 1. The van der Waals surface area contributed by atoms with Crippen molar-refractivity contribution in [3.8, 4) is 11.4 Å². The van der Waals surface area contributed by atoms with Crippen LogP contribution in [-0.2, 0) is 21.3 Å². The Labute approximate surface area is 173 Å². The van der Waals surface area contributed by atoms with Crippen LogP contribution in [0.3, 0.4) is 0 Å². The minimum Gasteiger partial charge on any atom is -0.465 e. The SMILES string of the molecule is COC(=O)c1cc(S(=O)(=O)N(C)Cc2nc(-c3ccc(C)cc3)no2)ccc1Cl. The highest BCUT2D eigenvalue weighted by molar-refractivity contribution is 7.89. The third kappa shape index (κ3) is 4.47. The molecule has 1 heterocycles. The Hall–Kier alpha value is -2.75. The van der Waals surface area contributed by atoms with Gasteiger partial charge in [-0.1, -0.05) is 46.6 Å². The van der Waals surface area contributed by atoms with Crippen LogP contribution in [0.5, 0.6) is 0 Å². The maximum atomic E-state index is 12.9. The first kappa shape index (κ1) is 21.0. The Balaban J connectivity index is 1.82. The Morgan fingerprint density at radius 3 is 2.55 bits per heavy atom. The molecule has 1 aromatic heterocycles. The summed E-state index contributed by atoms with van der Waals surface area (Å²) in [7, 11) is -1.38. The molecule has 2 aromatic carbocycles. The summed E-state index contributed by atoms with van der Waals surface area (Å²) in [6.07, 6.45) is 0. The number of ether oxygens (including phenoxy) is 1. The van der Waals surface area contributed by atoms with Crippen molar-refractivity contribution in [1.29, 1.82) is 0 Å². The van der Waals surface area contributed by atoms with Crippen LogP contribution in [0.1, 0.15) is 21.8 Å². The average Bonchev–Trinajstić information content (AvgIpc) is 3.16. The second-order valence-corrected chi connectivity index (χ2v) is 8.72. The van der Waals surface area contributed by atoms with Crippen LogP contribution in [0.25, 0.3) is 11.4 Å². The van der Waals surface area contributed by atoms with Gasteiger partial charge in [0, 0.05) is 12.6 Å². The van der Waals surface area contributed by atoms with E-state index in [9.17, 15) is 13.2 Å². The Morgan fingerprint density at radius 2 is 1.90 bits per heavy atom. The molecule has 0 radical (unpaired) electrons. The number of hydrogen-bond donors (Lipinski definition) is 0. The molecule has 0 saturated heterocycles. The van der Waals surface area contributed by atoms with Gasteiger partial charge in [0.25, 0.3) is 0 Å². The van der Waals surface area contributed by atoms with Crippen molar-refractivity contribution in [1.82, 2.24) is 14.4 Å². The molecule has 0 aliphatic rings. The highest BCUT2D eigenvalue weighted by Crippen LogP contribution is 2.24. The lowest BCUT2D eigenvalue weighted by molar-refractivity contribution is 0.0600. The number of hydrogen-bond acceptors (Lipinski definition) is 7. The van der Waals surface area contributed by atoms with E-state index in [-0.39, 0.29) is 27.9 Å². The number of sulfonamides is 1. The monoisotopic (exact) mass is 435 g/mol. The highest BCUT2D eigenvalue weighted by atomic mass is 35.5. The first-order chi connectivity index (χ1) is 13.7. The third-order valence-electron chi connectivity index (χ3n) is 4.19. The lowest BCUT2D eigenvalue weighted by Gasteiger charge is -2.16.